The lowest BCUT2D eigenvalue weighted by molar-refractivity contribution is 0.0436. The van der Waals surface area contributed by atoms with Crippen LogP contribution in [0, 0.1) is 12.8 Å². The third-order valence-corrected chi connectivity index (χ3v) is 8.69. The highest BCUT2D eigenvalue weighted by Crippen LogP contribution is 2.29. The first kappa shape index (κ1) is 26.4. The number of anilines is 1. The summed E-state index contributed by atoms with van der Waals surface area (Å²) >= 11 is 1.69. The predicted molar refractivity (Wildman–Crippen MR) is 154 cm³/mol. The number of hydrogen-bond acceptors (Lipinski definition) is 7. The van der Waals surface area contributed by atoms with Crippen molar-refractivity contribution in [3.63, 3.8) is 0 Å². The van der Waals surface area contributed by atoms with Gasteiger partial charge >= 0.3 is 0 Å². The summed E-state index contributed by atoms with van der Waals surface area (Å²) in [7, 11) is 0. The molecule has 1 aromatic heterocycles. The van der Waals surface area contributed by atoms with Gasteiger partial charge in [0.05, 0.1) is 15.2 Å². The molecular formula is C30H42N4O2S. The second kappa shape index (κ2) is 11.3. The Labute approximate surface area is 225 Å². The van der Waals surface area contributed by atoms with Gasteiger partial charge in [0.2, 0.25) is 0 Å². The zero-order chi connectivity index (χ0) is 26.0. The van der Waals surface area contributed by atoms with Crippen molar-refractivity contribution >= 4 is 27.2 Å². The highest BCUT2D eigenvalue weighted by molar-refractivity contribution is 7.18. The maximum atomic E-state index is 10.6. The zero-order valence-electron chi connectivity index (χ0n) is 22.8. The van der Waals surface area contributed by atoms with Crippen molar-refractivity contribution in [1.29, 1.82) is 0 Å². The Kier molecular flexibility index (Phi) is 8.05. The molecule has 0 spiro atoms. The van der Waals surface area contributed by atoms with Crippen LogP contribution in [0.1, 0.15) is 37.8 Å². The molecule has 5 rings (SSSR count). The molecule has 2 aliphatic rings. The molecule has 37 heavy (non-hydrogen) atoms. The van der Waals surface area contributed by atoms with Crippen molar-refractivity contribution in [3.05, 3.63) is 53.0 Å². The quantitative estimate of drug-likeness (QED) is 0.459. The van der Waals surface area contributed by atoms with Gasteiger partial charge < -0.3 is 19.6 Å². The van der Waals surface area contributed by atoms with Gasteiger partial charge in [0.1, 0.15) is 18.5 Å². The Morgan fingerprint density at radius 1 is 1.03 bits per heavy atom. The maximum Gasteiger partial charge on any atom is 0.121 e. The second-order valence-electron chi connectivity index (χ2n) is 11.8. The monoisotopic (exact) mass is 522 g/mol. The molecule has 0 saturated carbocycles. The molecule has 2 aliphatic heterocycles. The number of hydrogen-bond donors (Lipinski definition) is 1. The molecule has 6 nitrogen and oxygen atoms in total. The van der Waals surface area contributed by atoms with Gasteiger partial charge in [-0.05, 0) is 54.5 Å². The molecule has 0 aliphatic carbocycles. The highest BCUT2D eigenvalue weighted by Gasteiger charge is 2.27. The second-order valence-corrected chi connectivity index (χ2v) is 13.1. The normalized spacial score (nSPS) is 20.6. The highest BCUT2D eigenvalue weighted by atomic mass is 32.1. The number of benzene rings is 2. The van der Waals surface area contributed by atoms with Crippen molar-refractivity contribution in [3.8, 4) is 5.75 Å². The van der Waals surface area contributed by atoms with Crippen molar-refractivity contribution in [2.24, 2.45) is 5.92 Å². The summed E-state index contributed by atoms with van der Waals surface area (Å²) < 4.78 is 7.05. The standard InChI is InChI=1S/C30H42N4O2S/c1-22-31-28-17-27(9-10-29(28)37-22)36-21-26(35)20-33-15-13-32(14-16-33)18-23-11-12-34(19-23)25-7-5-24(6-8-25)30(2,3)4/h5-10,17,23,26,35H,11-16,18-21H2,1-4H3/t23?,26-/m1/s1. The van der Waals surface area contributed by atoms with E-state index in [9.17, 15) is 5.11 Å². The number of aromatic nitrogens is 1. The van der Waals surface area contributed by atoms with E-state index in [1.54, 1.807) is 11.3 Å². The van der Waals surface area contributed by atoms with Crippen LogP contribution in [-0.2, 0) is 5.41 Å². The fourth-order valence-corrected chi connectivity index (χ4v) is 6.37. The summed E-state index contributed by atoms with van der Waals surface area (Å²) in [5, 5.41) is 11.6. The molecule has 0 radical (unpaired) electrons. The van der Waals surface area contributed by atoms with Crippen LogP contribution in [0.25, 0.3) is 10.2 Å². The van der Waals surface area contributed by atoms with Gasteiger partial charge in [-0.25, -0.2) is 4.98 Å². The Hall–Kier alpha value is -2.19. The summed E-state index contributed by atoms with van der Waals surface area (Å²) in [5.74, 6) is 1.50. The Balaban J connectivity index is 1.01. The number of piperazine rings is 1. The number of thiazole rings is 1. The van der Waals surface area contributed by atoms with E-state index in [0.717, 1.165) is 61.5 Å². The summed E-state index contributed by atoms with van der Waals surface area (Å²) in [6.45, 7) is 17.4. The van der Waals surface area contributed by atoms with E-state index in [0.29, 0.717) is 13.2 Å². The molecule has 2 atom stereocenters. The van der Waals surface area contributed by atoms with Crippen LogP contribution in [0.5, 0.6) is 5.75 Å². The van der Waals surface area contributed by atoms with E-state index in [-0.39, 0.29) is 5.41 Å². The van der Waals surface area contributed by atoms with Crippen LogP contribution >= 0.6 is 11.3 Å². The number of aliphatic hydroxyl groups excluding tert-OH is 1. The molecule has 3 heterocycles. The predicted octanol–water partition coefficient (Wildman–Crippen LogP) is 4.79. The van der Waals surface area contributed by atoms with Crippen LogP contribution in [0.15, 0.2) is 42.5 Å². The van der Waals surface area contributed by atoms with Crippen LogP contribution in [0.2, 0.25) is 0 Å². The van der Waals surface area contributed by atoms with Gasteiger partial charge in [0.25, 0.3) is 0 Å². The Morgan fingerprint density at radius 3 is 2.49 bits per heavy atom. The minimum Gasteiger partial charge on any atom is -0.491 e. The van der Waals surface area contributed by atoms with E-state index in [4.69, 9.17) is 4.74 Å². The summed E-state index contributed by atoms with van der Waals surface area (Å²) in [6.07, 6.45) is 0.774. The first-order chi connectivity index (χ1) is 17.7. The maximum absolute atomic E-state index is 10.6. The number of rotatable bonds is 8. The molecule has 7 heteroatoms. The number of β-amino-alcohol motifs (C(OH)–C–C–N with tert-alkyl or cyclic N) is 1. The van der Waals surface area contributed by atoms with E-state index in [1.807, 2.05) is 25.1 Å². The van der Waals surface area contributed by atoms with Gasteiger partial charge in [-0.15, -0.1) is 11.3 Å². The molecule has 1 N–H and O–H groups in total. The number of aryl methyl sites for hydroxylation is 1. The van der Waals surface area contributed by atoms with E-state index >= 15 is 0 Å². The lowest BCUT2D eigenvalue weighted by Crippen LogP contribution is -2.50. The molecule has 3 aromatic rings. The lowest BCUT2D eigenvalue weighted by atomic mass is 9.87. The molecule has 2 aromatic carbocycles. The smallest absolute Gasteiger partial charge is 0.121 e. The minimum atomic E-state index is -0.493. The fraction of sp³-hybridized carbons (Fsp3) is 0.567. The topological polar surface area (TPSA) is 52.1 Å². The molecule has 0 bridgehead atoms. The van der Waals surface area contributed by atoms with Crippen LogP contribution in [0.3, 0.4) is 0 Å². The zero-order valence-corrected chi connectivity index (χ0v) is 23.6. The molecular weight excluding hydrogens is 480 g/mol. The molecule has 2 fully saturated rings. The van der Waals surface area contributed by atoms with Gasteiger partial charge in [0, 0.05) is 64.1 Å². The number of ether oxygens (including phenoxy) is 1. The summed E-state index contributed by atoms with van der Waals surface area (Å²) in [4.78, 5) is 12.1. The van der Waals surface area contributed by atoms with Crippen LogP contribution in [-0.4, -0.2) is 85.0 Å². The van der Waals surface area contributed by atoms with Crippen molar-refractivity contribution in [2.75, 3.05) is 63.9 Å². The van der Waals surface area contributed by atoms with E-state index in [1.165, 1.54) is 28.9 Å². The van der Waals surface area contributed by atoms with Crippen LogP contribution < -0.4 is 9.64 Å². The molecule has 1 unspecified atom stereocenters. The third kappa shape index (κ3) is 6.82. The molecule has 200 valence electrons. The minimum absolute atomic E-state index is 0.202. The number of fused-ring (bicyclic) bond motifs is 1. The van der Waals surface area contributed by atoms with Gasteiger partial charge in [0.15, 0.2) is 0 Å². The van der Waals surface area contributed by atoms with Crippen LogP contribution in [0.4, 0.5) is 5.69 Å². The van der Waals surface area contributed by atoms with E-state index in [2.05, 4.69) is 64.7 Å². The Morgan fingerprint density at radius 2 is 1.76 bits per heavy atom. The average molecular weight is 523 g/mol. The largest absolute Gasteiger partial charge is 0.491 e. The SMILES string of the molecule is Cc1nc2cc(OC[C@H](O)CN3CCN(CC4CCN(c5ccc(C(C)(C)C)cc5)C4)CC3)ccc2s1. The van der Waals surface area contributed by atoms with Crippen molar-refractivity contribution in [2.45, 2.75) is 45.6 Å². The fourth-order valence-electron chi connectivity index (χ4n) is 5.56. The summed E-state index contributed by atoms with van der Waals surface area (Å²) in [5.41, 5.74) is 3.93. The van der Waals surface area contributed by atoms with Crippen molar-refractivity contribution in [1.82, 2.24) is 14.8 Å². The molecule has 0 amide bonds. The number of aliphatic hydroxyl groups is 1. The number of nitrogens with zero attached hydrogens (tertiary/aromatic N) is 4. The van der Waals surface area contributed by atoms with Crippen molar-refractivity contribution < 1.29 is 9.84 Å². The Bertz CT molecular complexity index is 1160. The first-order valence-electron chi connectivity index (χ1n) is 13.7. The lowest BCUT2D eigenvalue weighted by Gasteiger charge is -2.36. The first-order valence-corrected chi connectivity index (χ1v) is 14.5. The van der Waals surface area contributed by atoms with Gasteiger partial charge in [-0.1, -0.05) is 32.9 Å². The van der Waals surface area contributed by atoms with Gasteiger partial charge in [-0.2, -0.15) is 0 Å². The van der Waals surface area contributed by atoms with E-state index < -0.39 is 6.10 Å². The third-order valence-electron chi connectivity index (χ3n) is 7.74. The average Bonchev–Trinajstić information content (AvgIpc) is 3.49. The molecule has 2 saturated heterocycles. The summed E-state index contributed by atoms with van der Waals surface area (Å²) in [6, 6.07) is 15.2. The van der Waals surface area contributed by atoms with Gasteiger partial charge in [-0.3, -0.25) is 4.90 Å².